The summed E-state index contributed by atoms with van der Waals surface area (Å²) in [5.74, 6) is -0.969. The molecule has 0 radical (unpaired) electrons. The van der Waals surface area contributed by atoms with Crippen molar-refractivity contribution in [1.82, 2.24) is 5.32 Å². The number of carboxylic acid groups (broad SMARTS) is 1. The van der Waals surface area contributed by atoms with Crippen molar-refractivity contribution < 1.29 is 19.4 Å². The van der Waals surface area contributed by atoms with Crippen molar-refractivity contribution >= 4 is 28.9 Å². The molecule has 2 aliphatic rings. The molecule has 1 aliphatic carbocycles. The third-order valence-corrected chi connectivity index (χ3v) is 4.39. The van der Waals surface area contributed by atoms with Gasteiger partial charge in [0.1, 0.15) is 10.9 Å². The van der Waals surface area contributed by atoms with Crippen LogP contribution in [0.25, 0.3) is 0 Å². The molecule has 1 unspecified atom stereocenters. The Bertz CT molecular complexity index is 526. The van der Waals surface area contributed by atoms with Gasteiger partial charge in [-0.05, 0) is 18.9 Å². The average molecular weight is 296 g/mol. The van der Waals surface area contributed by atoms with E-state index in [0.29, 0.717) is 25.8 Å². The smallest absolute Gasteiger partial charge is 0.345 e. The highest BCUT2D eigenvalue weighted by Gasteiger charge is 2.33. The Balaban J connectivity index is 1.76. The van der Waals surface area contributed by atoms with Gasteiger partial charge >= 0.3 is 5.97 Å². The molecule has 1 aliphatic heterocycles. The summed E-state index contributed by atoms with van der Waals surface area (Å²) in [5, 5.41) is 13.8. The lowest BCUT2D eigenvalue weighted by molar-refractivity contribution is -0.124. The highest BCUT2D eigenvalue weighted by atomic mass is 32.1. The predicted octanol–water partition coefficient (Wildman–Crippen LogP) is 0.930. The Morgan fingerprint density at radius 2 is 2.25 bits per heavy atom. The summed E-state index contributed by atoms with van der Waals surface area (Å²) >= 11 is 1.18. The van der Waals surface area contributed by atoms with Gasteiger partial charge in [-0.1, -0.05) is 0 Å². The number of ether oxygens (including phenoxy) is 1. The molecule has 1 aromatic rings. The first kappa shape index (κ1) is 13.4. The molecule has 20 heavy (non-hydrogen) atoms. The van der Waals surface area contributed by atoms with Crippen molar-refractivity contribution in [2.45, 2.75) is 24.9 Å². The second-order valence-electron chi connectivity index (χ2n) is 5.04. The van der Waals surface area contributed by atoms with Crippen molar-refractivity contribution in [3.63, 3.8) is 0 Å². The number of aromatic carboxylic acids is 1. The zero-order valence-electron chi connectivity index (χ0n) is 10.9. The maximum atomic E-state index is 12.2. The number of nitrogens with zero attached hydrogens (tertiary/aromatic N) is 1. The summed E-state index contributed by atoms with van der Waals surface area (Å²) in [6.45, 7) is 1.49. The van der Waals surface area contributed by atoms with Gasteiger partial charge in [0, 0.05) is 23.7 Å². The number of carbonyl (C=O) groups excluding carboxylic acids is 1. The fourth-order valence-corrected chi connectivity index (χ4v) is 2.98. The summed E-state index contributed by atoms with van der Waals surface area (Å²) < 4.78 is 5.40. The van der Waals surface area contributed by atoms with E-state index in [4.69, 9.17) is 9.84 Å². The van der Waals surface area contributed by atoms with Crippen LogP contribution in [-0.4, -0.2) is 48.8 Å². The van der Waals surface area contributed by atoms with Gasteiger partial charge in [-0.15, -0.1) is 11.3 Å². The minimum absolute atomic E-state index is 0.0322. The lowest BCUT2D eigenvalue weighted by Gasteiger charge is -2.35. The molecular weight excluding hydrogens is 280 g/mol. The fourth-order valence-electron chi connectivity index (χ4n) is 2.24. The van der Waals surface area contributed by atoms with Gasteiger partial charge in [0.25, 0.3) is 0 Å². The minimum Gasteiger partial charge on any atom is -0.477 e. The third kappa shape index (κ3) is 2.78. The van der Waals surface area contributed by atoms with E-state index in [1.807, 2.05) is 4.90 Å². The number of carbonyl (C=O) groups is 2. The van der Waals surface area contributed by atoms with Gasteiger partial charge in [0.2, 0.25) is 5.91 Å². The molecule has 1 saturated heterocycles. The van der Waals surface area contributed by atoms with E-state index in [1.54, 1.807) is 11.4 Å². The highest BCUT2D eigenvalue weighted by Crippen LogP contribution is 2.27. The highest BCUT2D eigenvalue weighted by molar-refractivity contribution is 7.12. The largest absolute Gasteiger partial charge is 0.477 e. The maximum Gasteiger partial charge on any atom is 0.345 e. The molecular formula is C13H16N2O4S. The van der Waals surface area contributed by atoms with Gasteiger partial charge in [-0.2, -0.15) is 0 Å². The molecule has 2 fully saturated rings. The van der Waals surface area contributed by atoms with E-state index >= 15 is 0 Å². The van der Waals surface area contributed by atoms with Crippen molar-refractivity contribution in [2.75, 3.05) is 24.7 Å². The summed E-state index contributed by atoms with van der Waals surface area (Å²) in [6.07, 6.45) is 2.09. The van der Waals surface area contributed by atoms with Crippen LogP contribution in [0.1, 0.15) is 22.5 Å². The standard InChI is InChI=1S/C13H16N2O4S/c16-12(14-8-1-2-8)10-6-19-4-3-15(10)9-5-11(13(17)18)20-7-9/h5,7-8,10H,1-4,6H2,(H,14,16)(H,17,18). The third-order valence-electron chi connectivity index (χ3n) is 3.48. The molecule has 0 spiro atoms. The van der Waals surface area contributed by atoms with E-state index in [2.05, 4.69) is 5.32 Å². The van der Waals surface area contributed by atoms with Crippen LogP contribution in [0.3, 0.4) is 0 Å². The number of nitrogens with one attached hydrogen (secondary N) is 1. The number of hydrogen-bond acceptors (Lipinski definition) is 5. The van der Waals surface area contributed by atoms with Crippen molar-refractivity contribution in [1.29, 1.82) is 0 Å². The Kier molecular flexibility index (Phi) is 3.62. The van der Waals surface area contributed by atoms with Crippen LogP contribution >= 0.6 is 11.3 Å². The molecule has 0 aromatic carbocycles. The lowest BCUT2D eigenvalue weighted by atomic mass is 10.2. The molecule has 1 amide bonds. The Morgan fingerprint density at radius 3 is 2.90 bits per heavy atom. The van der Waals surface area contributed by atoms with Crippen LogP contribution in [0.2, 0.25) is 0 Å². The first-order chi connectivity index (χ1) is 9.65. The van der Waals surface area contributed by atoms with Crippen molar-refractivity contribution in [2.24, 2.45) is 0 Å². The predicted molar refractivity (Wildman–Crippen MR) is 74.4 cm³/mol. The molecule has 1 saturated carbocycles. The van der Waals surface area contributed by atoms with Crippen LogP contribution in [0.4, 0.5) is 5.69 Å². The number of hydrogen-bond donors (Lipinski definition) is 2. The summed E-state index contributed by atoms with van der Waals surface area (Å²) in [6, 6.07) is 1.55. The van der Waals surface area contributed by atoms with Crippen LogP contribution in [0, 0.1) is 0 Å². The fraction of sp³-hybridized carbons (Fsp3) is 0.538. The lowest BCUT2D eigenvalue weighted by Crippen LogP contribution is -2.54. The van der Waals surface area contributed by atoms with E-state index < -0.39 is 5.97 Å². The van der Waals surface area contributed by atoms with E-state index in [-0.39, 0.29) is 16.8 Å². The van der Waals surface area contributed by atoms with Crippen LogP contribution in [-0.2, 0) is 9.53 Å². The van der Waals surface area contributed by atoms with Gasteiger partial charge in [-0.25, -0.2) is 4.79 Å². The molecule has 3 rings (SSSR count). The normalized spacial score (nSPS) is 22.6. The molecule has 1 atom stereocenters. The second kappa shape index (κ2) is 5.41. The number of thiophene rings is 1. The summed E-state index contributed by atoms with van der Waals surface area (Å²) in [7, 11) is 0. The van der Waals surface area contributed by atoms with Crippen LogP contribution < -0.4 is 10.2 Å². The number of morpholine rings is 1. The molecule has 108 valence electrons. The molecule has 7 heteroatoms. The SMILES string of the molecule is O=C(O)c1cc(N2CCOCC2C(=O)NC2CC2)cs1. The zero-order valence-corrected chi connectivity index (χ0v) is 11.7. The van der Waals surface area contributed by atoms with Gasteiger partial charge in [-0.3, -0.25) is 4.79 Å². The molecule has 2 heterocycles. The number of anilines is 1. The molecule has 6 nitrogen and oxygen atoms in total. The average Bonchev–Trinajstić information content (AvgIpc) is 3.11. The maximum absolute atomic E-state index is 12.2. The minimum atomic E-state index is -0.937. The number of amides is 1. The van der Waals surface area contributed by atoms with Crippen LogP contribution in [0.5, 0.6) is 0 Å². The van der Waals surface area contributed by atoms with E-state index in [9.17, 15) is 9.59 Å². The Labute approximate surface area is 120 Å². The zero-order chi connectivity index (χ0) is 14.1. The van der Waals surface area contributed by atoms with Crippen molar-refractivity contribution in [3.05, 3.63) is 16.3 Å². The topological polar surface area (TPSA) is 78.9 Å². The first-order valence-electron chi connectivity index (χ1n) is 6.62. The second-order valence-corrected chi connectivity index (χ2v) is 5.95. The van der Waals surface area contributed by atoms with E-state index in [0.717, 1.165) is 18.5 Å². The number of rotatable bonds is 4. The van der Waals surface area contributed by atoms with E-state index in [1.165, 1.54) is 11.3 Å². The quantitative estimate of drug-likeness (QED) is 0.864. The van der Waals surface area contributed by atoms with Crippen molar-refractivity contribution in [3.8, 4) is 0 Å². The van der Waals surface area contributed by atoms with Gasteiger partial charge < -0.3 is 20.1 Å². The summed E-state index contributed by atoms with van der Waals surface area (Å²) in [5.41, 5.74) is 0.784. The molecule has 0 bridgehead atoms. The van der Waals surface area contributed by atoms with Gasteiger partial charge in [0.05, 0.1) is 13.2 Å². The molecule has 1 aromatic heterocycles. The summed E-state index contributed by atoms with van der Waals surface area (Å²) in [4.78, 5) is 25.4. The Morgan fingerprint density at radius 1 is 1.45 bits per heavy atom. The first-order valence-corrected chi connectivity index (χ1v) is 7.49. The van der Waals surface area contributed by atoms with Crippen LogP contribution in [0.15, 0.2) is 11.4 Å². The molecule has 2 N–H and O–H groups in total. The monoisotopic (exact) mass is 296 g/mol. The van der Waals surface area contributed by atoms with Gasteiger partial charge in [0.15, 0.2) is 0 Å². The number of carboxylic acids is 1. The Hall–Kier alpha value is -1.60.